The highest BCUT2D eigenvalue weighted by Crippen LogP contribution is 2.29. The van der Waals surface area contributed by atoms with E-state index in [0.717, 1.165) is 56.2 Å². The highest BCUT2D eigenvalue weighted by molar-refractivity contribution is 7.85. The summed E-state index contributed by atoms with van der Waals surface area (Å²) in [5, 5.41) is 3.89. The first-order chi connectivity index (χ1) is 16.8. The van der Waals surface area contributed by atoms with Crippen molar-refractivity contribution in [3.8, 4) is 11.5 Å². The van der Waals surface area contributed by atoms with Crippen LogP contribution >= 0.6 is 0 Å². The standard InChI is InChI=1S/C26H32N4O4S/c1-15-11-27-21(17(3)24(15)33-6)13-30-23-9-8-19(32-5)10-20(23)29-26(30)35(31)14-22-18(4)25(34-7)16(2)12-28-22/h8-11,28H,12-14H2,1-7H3/t35-/m0/s1. The van der Waals surface area contributed by atoms with Crippen LogP contribution in [0.4, 0.5) is 0 Å². The van der Waals surface area contributed by atoms with E-state index < -0.39 is 10.8 Å². The molecule has 0 saturated carbocycles. The summed E-state index contributed by atoms with van der Waals surface area (Å²) in [5.41, 5.74) is 7.34. The number of hydrogen-bond acceptors (Lipinski definition) is 7. The molecule has 0 unspecified atom stereocenters. The number of allylic oxidation sites excluding steroid dienone is 1. The molecule has 0 saturated heterocycles. The number of hydrogen-bond donors (Lipinski definition) is 1. The highest BCUT2D eigenvalue weighted by atomic mass is 32.2. The van der Waals surface area contributed by atoms with Gasteiger partial charge in [-0.2, -0.15) is 0 Å². The van der Waals surface area contributed by atoms with E-state index in [-0.39, 0.29) is 0 Å². The van der Waals surface area contributed by atoms with Crippen molar-refractivity contribution in [2.45, 2.75) is 39.4 Å². The monoisotopic (exact) mass is 496 g/mol. The summed E-state index contributed by atoms with van der Waals surface area (Å²) in [5.74, 6) is 2.66. The van der Waals surface area contributed by atoms with Crippen molar-refractivity contribution in [2.24, 2.45) is 0 Å². The third kappa shape index (κ3) is 4.65. The fourth-order valence-corrected chi connectivity index (χ4v) is 5.83. The van der Waals surface area contributed by atoms with E-state index in [1.54, 1.807) is 27.5 Å². The fourth-order valence-electron chi connectivity index (χ4n) is 4.51. The van der Waals surface area contributed by atoms with Gasteiger partial charge in [0.15, 0.2) is 0 Å². The van der Waals surface area contributed by atoms with Gasteiger partial charge in [-0.05, 0) is 45.4 Å². The van der Waals surface area contributed by atoms with E-state index in [9.17, 15) is 4.21 Å². The van der Waals surface area contributed by atoms with Crippen LogP contribution in [0, 0.1) is 13.8 Å². The molecule has 0 radical (unpaired) electrons. The van der Waals surface area contributed by atoms with Crippen LogP contribution < -0.4 is 14.8 Å². The Kier molecular flexibility index (Phi) is 7.16. The molecule has 0 amide bonds. The molecule has 9 heteroatoms. The first-order valence-electron chi connectivity index (χ1n) is 11.4. The number of imidazole rings is 1. The lowest BCUT2D eigenvalue weighted by atomic mass is 10.1. The Hall–Kier alpha value is -3.33. The zero-order chi connectivity index (χ0) is 25.3. The van der Waals surface area contributed by atoms with Crippen LogP contribution in [0.5, 0.6) is 11.5 Å². The molecule has 1 aromatic carbocycles. The van der Waals surface area contributed by atoms with Gasteiger partial charge in [-0.25, -0.2) is 4.98 Å². The third-order valence-electron chi connectivity index (χ3n) is 6.41. The van der Waals surface area contributed by atoms with Gasteiger partial charge in [0.2, 0.25) is 5.16 Å². The van der Waals surface area contributed by atoms with Crippen LogP contribution in [0.25, 0.3) is 11.0 Å². The second-order valence-corrected chi connectivity index (χ2v) is 9.99. The van der Waals surface area contributed by atoms with E-state index in [2.05, 4.69) is 10.3 Å². The van der Waals surface area contributed by atoms with Crippen LogP contribution in [-0.4, -0.2) is 52.4 Å². The number of dihydropyridines is 1. The van der Waals surface area contributed by atoms with Crippen molar-refractivity contribution in [1.29, 1.82) is 0 Å². The number of aromatic nitrogens is 3. The first kappa shape index (κ1) is 24.8. The zero-order valence-electron chi connectivity index (χ0n) is 21.3. The molecule has 0 spiro atoms. The summed E-state index contributed by atoms with van der Waals surface area (Å²) in [7, 11) is 3.53. The summed E-state index contributed by atoms with van der Waals surface area (Å²) in [6.45, 7) is 9.06. The van der Waals surface area contributed by atoms with Crippen molar-refractivity contribution in [3.05, 3.63) is 63.8 Å². The second kappa shape index (κ2) is 10.1. The first-order valence-corrected chi connectivity index (χ1v) is 12.7. The smallest absolute Gasteiger partial charge is 0.200 e. The quantitative estimate of drug-likeness (QED) is 0.504. The molecule has 1 atom stereocenters. The number of aryl methyl sites for hydroxylation is 1. The van der Waals surface area contributed by atoms with E-state index in [4.69, 9.17) is 19.2 Å². The molecule has 3 aromatic rings. The molecule has 1 aliphatic rings. The lowest BCUT2D eigenvalue weighted by Gasteiger charge is -2.23. The molecular formula is C26H32N4O4S. The summed E-state index contributed by atoms with van der Waals surface area (Å²) in [4.78, 5) is 9.44. The molecule has 1 N–H and O–H groups in total. The fraction of sp³-hybridized carbons (Fsp3) is 0.385. The average Bonchev–Trinajstić information content (AvgIpc) is 3.21. The lowest BCUT2D eigenvalue weighted by molar-refractivity contribution is 0.291. The minimum Gasteiger partial charge on any atom is -0.497 e. The minimum atomic E-state index is -1.42. The Labute approximate surface area is 208 Å². The van der Waals surface area contributed by atoms with Crippen LogP contribution in [-0.2, 0) is 22.1 Å². The number of fused-ring (bicyclic) bond motifs is 1. The maximum atomic E-state index is 13.8. The molecule has 8 nitrogen and oxygen atoms in total. The predicted molar refractivity (Wildman–Crippen MR) is 137 cm³/mol. The Morgan fingerprint density at radius 2 is 1.86 bits per heavy atom. The van der Waals surface area contributed by atoms with Crippen molar-refractivity contribution in [3.63, 3.8) is 0 Å². The van der Waals surface area contributed by atoms with E-state index in [0.29, 0.717) is 29.7 Å². The number of benzene rings is 1. The van der Waals surface area contributed by atoms with E-state index in [1.165, 1.54) is 0 Å². The van der Waals surface area contributed by atoms with E-state index in [1.807, 2.05) is 50.5 Å². The Bertz CT molecular complexity index is 1370. The van der Waals surface area contributed by atoms with Gasteiger partial charge in [-0.1, -0.05) is 0 Å². The number of ether oxygens (including phenoxy) is 3. The van der Waals surface area contributed by atoms with Gasteiger partial charge in [0, 0.05) is 41.2 Å². The van der Waals surface area contributed by atoms with Crippen molar-refractivity contribution >= 4 is 21.8 Å². The average molecular weight is 497 g/mol. The molecule has 0 aliphatic carbocycles. The molecule has 4 rings (SSSR count). The molecule has 0 bridgehead atoms. The Balaban J connectivity index is 1.79. The van der Waals surface area contributed by atoms with Gasteiger partial charge in [-0.15, -0.1) is 0 Å². The van der Waals surface area contributed by atoms with Crippen LogP contribution in [0.3, 0.4) is 0 Å². The van der Waals surface area contributed by atoms with Crippen LogP contribution in [0.1, 0.15) is 30.7 Å². The maximum Gasteiger partial charge on any atom is 0.200 e. The van der Waals surface area contributed by atoms with Gasteiger partial charge in [0.1, 0.15) is 17.3 Å². The number of nitrogens with zero attached hydrogens (tertiary/aromatic N) is 3. The summed E-state index contributed by atoms with van der Waals surface area (Å²) in [6, 6.07) is 5.69. The molecule has 3 heterocycles. The summed E-state index contributed by atoms with van der Waals surface area (Å²) >= 11 is 0. The van der Waals surface area contributed by atoms with E-state index >= 15 is 0 Å². The summed E-state index contributed by atoms with van der Waals surface area (Å²) < 4.78 is 32.3. The van der Waals surface area contributed by atoms with Gasteiger partial charge < -0.3 is 24.1 Å². The van der Waals surface area contributed by atoms with Crippen LogP contribution in [0.15, 0.2) is 52.2 Å². The molecule has 2 aromatic heterocycles. The van der Waals surface area contributed by atoms with Crippen molar-refractivity contribution in [1.82, 2.24) is 19.9 Å². The highest BCUT2D eigenvalue weighted by Gasteiger charge is 2.23. The molecule has 1 aliphatic heterocycles. The number of methoxy groups -OCH3 is 3. The maximum absolute atomic E-state index is 13.8. The SMILES string of the molecule is COC1=C(C)CNC(C[S@](=O)c2nc3cc(OC)ccc3n2Cc2ncc(C)c(OC)c2C)=C1C. The molecule has 0 fully saturated rings. The van der Waals surface area contributed by atoms with Gasteiger partial charge in [0.05, 0.1) is 61.2 Å². The zero-order valence-corrected chi connectivity index (χ0v) is 22.1. The second-order valence-electron chi connectivity index (χ2n) is 8.64. The van der Waals surface area contributed by atoms with Gasteiger partial charge in [0.25, 0.3) is 0 Å². The van der Waals surface area contributed by atoms with Gasteiger partial charge >= 0.3 is 0 Å². The number of rotatable bonds is 8. The Morgan fingerprint density at radius 3 is 2.54 bits per heavy atom. The number of pyridine rings is 1. The Morgan fingerprint density at radius 1 is 1.09 bits per heavy atom. The molecular weight excluding hydrogens is 464 g/mol. The topological polar surface area (TPSA) is 87.5 Å². The summed E-state index contributed by atoms with van der Waals surface area (Å²) in [6.07, 6.45) is 1.81. The van der Waals surface area contributed by atoms with Crippen LogP contribution in [0.2, 0.25) is 0 Å². The molecule has 186 valence electrons. The normalized spacial score (nSPS) is 14.8. The van der Waals surface area contributed by atoms with Crippen molar-refractivity contribution in [2.75, 3.05) is 33.6 Å². The van der Waals surface area contributed by atoms with Crippen molar-refractivity contribution < 1.29 is 18.4 Å². The minimum absolute atomic E-state index is 0.302. The third-order valence-corrected chi connectivity index (χ3v) is 7.68. The number of nitrogens with one attached hydrogen (secondary N) is 1. The van der Waals surface area contributed by atoms with Gasteiger partial charge in [-0.3, -0.25) is 9.19 Å². The largest absolute Gasteiger partial charge is 0.497 e. The predicted octanol–water partition coefficient (Wildman–Crippen LogP) is 4.02. The lowest BCUT2D eigenvalue weighted by Crippen LogP contribution is -2.27. The molecule has 35 heavy (non-hydrogen) atoms.